The van der Waals surface area contributed by atoms with Crippen molar-refractivity contribution < 1.29 is 22.7 Å². The van der Waals surface area contributed by atoms with Crippen molar-refractivity contribution in [2.75, 3.05) is 0 Å². The molecule has 0 aliphatic carbocycles. The number of halogens is 3. The minimum atomic E-state index is -1.24. The SMILES string of the molecule is CC(N[C@@H](CC(=O)OC(C)(C)C)Cc1cc(F)c(F)cc1F)c1ccccc1. The normalized spacial score (nSPS) is 13.8. The second-order valence-electron chi connectivity index (χ2n) is 7.85. The van der Waals surface area contributed by atoms with E-state index in [4.69, 9.17) is 4.74 Å². The fraction of sp³-hybridized carbons (Fsp3) is 0.409. The molecule has 0 amide bonds. The molecule has 0 fully saturated rings. The van der Waals surface area contributed by atoms with Crippen LogP contribution in [0.5, 0.6) is 0 Å². The lowest BCUT2D eigenvalue weighted by molar-refractivity contribution is -0.155. The van der Waals surface area contributed by atoms with Crippen molar-refractivity contribution >= 4 is 5.97 Å². The second kappa shape index (κ2) is 9.24. The van der Waals surface area contributed by atoms with Crippen LogP contribution in [0.25, 0.3) is 0 Å². The van der Waals surface area contributed by atoms with Crippen LogP contribution in [0.4, 0.5) is 13.2 Å². The van der Waals surface area contributed by atoms with Crippen molar-refractivity contribution in [3.63, 3.8) is 0 Å². The lowest BCUT2D eigenvalue weighted by atomic mass is 9.99. The van der Waals surface area contributed by atoms with Gasteiger partial charge in [0.05, 0.1) is 6.42 Å². The van der Waals surface area contributed by atoms with Gasteiger partial charge < -0.3 is 10.1 Å². The smallest absolute Gasteiger partial charge is 0.307 e. The summed E-state index contributed by atoms with van der Waals surface area (Å²) in [6.07, 6.45) is -0.0215. The number of rotatable bonds is 7. The van der Waals surface area contributed by atoms with Crippen molar-refractivity contribution in [3.05, 3.63) is 71.0 Å². The monoisotopic (exact) mass is 393 g/mol. The molecule has 3 nitrogen and oxygen atoms in total. The van der Waals surface area contributed by atoms with Gasteiger partial charge in [-0.15, -0.1) is 0 Å². The third-order valence-corrected chi connectivity index (χ3v) is 4.17. The van der Waals surface area contributed by atoms with Gasteiger partial charge in [0, 0.05) is 18.2 Å². The second-order valence-corrected chi connectivity index (χ2v) is 7.85. The molecule has 1 N–H and O–H groups in total. The zero-order valence-corrected chi connectivity index (χ0v) is 16.6. The molecule has 0 aliphatic rings. The molecule has 0 saturated heterocycles. The molecule has 2 rings (SSSR count). The number of esters is 1. The molecular weight excluding hydrogens is 367 g/mol. The lowest BCUT2D eigenvalue weighted by Crippen LogP contribution is -2.37. The maximum absolute atomic E-state index is 14.1. The van der Waals surface area contributed by atoms with Gasteiger partial charge in [0.1, 0.15) is 11.4 Å². The first kappa shape index (κ1) is 22.0. The maximum atomic E-state index is 14.1. The van der Waals surface area contributed by atoms with E-state index in [0.717, 1.165) is 11.6 Å². The fourth-order valence-electron chi connectivity index (χ4n) is 2.95. The lowest BCUT2D eigenvalue weighted by Gasteiger charge is -2.26. The molecule has 0 bridgehead atoms. The molecule has 0 heterocycles. The Labute approximate surface area is 163 Å². The van der Waals surface area contributed by atoms with Gasteiger partial charge in [-0.05, 0) is 51.3 Å². The summed E-state index contributed by atoms with van der Waals surface area (Å²) in [4.78, 5) is 12.3. The van der Waals surface area contributed by atoms with Crippen LogP contribution in [0, 0.1) is 17.5 Å². The van der Waals surface area contributed by atoms with E-state index in [1.165, 1.54) is 0 Å². The molecule has 2 atom stereocenters. The van der Waals surface area contributed by atoms with Crippen LogP contribution in [0.15, 0.2) is 42.5 Å². The van der Waals surface area contributed by atoms with Crippen molar-refractivity contribution in [2.45, 2.75) is 58.2 Å². The van der Waals surface area contributed by atoms with Gasteiger partial charge in [-0.1, -0.05) is 30.3 Å². The zero-order chi connectivity index (χ0) is 20.9. The Kier molecular flexibility index (Phi) is 7.24. The highest BCUT2D eigenvalue weighted by Crippen LogP contribution is 2.20. The zero-order valence-electron chi connectivity index (χ0n) is 16.6. The van der Waals surface area contributed by atoms with Crippen LogP contribution in [0.1, 0.15) is 51.3 Å². The highest BCUT2D eigenvalue weighted by atomic mass is 19.2. The van der Waals surface area contributed by atoms with Crippen LogP contribution in [-0.4, -0.2) is 17.6 Å². The van der Waals surface area contributed by atoms with Crippen LogP contribution in [0.3, 0.4) is 0 Å². The van der Waals surface area contributed by atoms with Crippen molar-refractivity contribution in [1.29, 1.82) is 0 Å². The van der Waals surface area contributed by atoms with E-state index in [1.54, 1.807) is 20.8 Å². The van der Waals surface area contributed by atoms with E-state index in [9.17, 15) is 18.0 Å². The molecule has 0 saturated carbocycles. The molecule has 0 spiro atoms. The van der Waals surface area contributed by atoms with E-state index >= 15 is 0 Å². The van der Waals surface area contributed by atoms with Gasteiger partial charge in [-0.25, -0.2) is 13.2 Å². The van der Waals surface area contributed by atoms with Gasteiger partial charge in [0.15, 0.2) is 11.6 Å². The Balaban J connectivity index is 2.20. The predicted octanol–water partition coefficient (Wildman–Crippen LogP) is 5.10. The number of carbonyl (C=O) groups excluding carboxylic acids is 1. The van der Waals surface area contributed by atoms with E-state index in [2.05, 4.69) is 5.32 Å². The molecule has 152 valence electrons. The summed E-state index contributed by atoms with van der Waals surface area (Å²) >= 11 is 0. The van der Waals surface area contributed by atoms with Crippen LogP contribution < -0.4 is 5.32 Å². The number of carbonyl (C=O) groups is 1. The molecular formula is C22H26F3NO2. The highest BCUT2D eigenvalue weighted by Gasteiger charge is 2.24. The van der Waals surface area contributed by atoms with Gasteiger partial charge in [0.25, 0.3) is 0 Å². The molecule has 2 aromatic carbocycles. The highest BCUT2D eigenvalue weighted by molar-refractivity contribution is 5.70. The summed E-state index contributed by atoms with van der Waals surface area (Å²) in [6.45, 7) is 7.19. The summed E-state index contributed by atoms with van der Waals surface area (Å²) in [5.41, 5.74) is 0.336. The van der Waals surface area contributed by atoms with Gasteiger partial charge in [-0.3, -0.25) is 4.79 Å². The van der Waals surface area contributed by atoms with Gasteiger partial charge >= 0.3 is 5.97 Å². The summed E-state index contributed by atoms with van der Waals surface area (Å²) in [7, 11) is 0. The number of benzene rings is 2. The summed E-state index contributed by atoms with van der Waals surface area (Å²) in [5.74, 6) is -3.66. The number of hydrogen-bond acceptors (Lipinski definition) is 3. The summed E-state index contributed by atoms with van der Waals surface area (Å²) in [5, 5.41) is 3.28. The summed E-state index contributed by atoms with van der Waals surface area (Å²) < 4.78 is 46.3. The Hall–Kier alpha value is -2.34. The van der Waals surface area contributed by atoms with E-state index in [-0.39, 0.29) is 24.4 Å². The average molecular weight is 393 g/mol. The fourth-order valence-corrected chi connectivity index (χ4v) is 2.95. The molecule has 28 heavy (non-hydrogen) atoms. The minimum Gasteiger partial charge on any atom is -0.460 e. The predicted molar refractivity (Wildman–Crippen MR) is 102 cm³/mol. The number of ether oxygens (including phenoxy) is 1. The van der Waals surface area contributed by atoms with Crippen molar-refractivity contribution in [1.82, 2.24) is 5.32 Å². The van der Waals surface area contributed by atoms with Crippen molar-refractivity contribution in [3.8, 4) is 0 Å². The van der Waals surface area contributed by atoms with E-state index in [0.29, 0.717) is 6.07 Å². The third-order valence-electron chi connectivity index (χ3n) is 4.17. The first-order chi connectivity index (χ1) is 13.0. The molecule has 0 aliphatic heterocycles. The van der Waals surface area contributed by atoms with Crippen LogP contribution >= 0.6 is 0 Å². The van der Waals surface area contributed by atoms with Gasteiger partial charge in [0.2, 0.25) is 0 Å². The Morgan fingerprint density at radius 2 is 1.64 bits per heavy atom. The maximum Gasteiger partial charge on any atom is 0.307 e. The summed E-state index contributed by atoms with van der Waals surface area (Å²) in [6, 6.07) is 10.2. The molecule has 1 unspecified atom stereocenters. The van der Waals surface area contributed by atoms with Gasteiger partial charge in [-0.2, -0.15) is 0 Å². The Morgan fingerprint density at radius 1 is 1.04 bits per heavy atom. The minimum absolute atomic E-state index is 0.000204. The van der Waals surface area contributed by atoms with E-state index in [1.807, 2.05) is 37.3 Å². The third kappa shape index (κ3) is 6.68. The molecule has 0 radical (unpaired) electrons. The molecule has 6 heteroatoms. The first-order valence-electron chi connectivity index (χ1n) is 9.21. The topological polar surface area (TPSA) is 38.3 Å². The van der Waals surface area contributed by atoms with E-state index < -0.39 is 35.1 Å². The number of nitrogens with one attached hydrogen (secondary N) is 1. The van der Waals surface area contributed by atoms with Crippen molar-refractivity contribution in [2.24, 2.45) is 0 Å². The quantitative estimate of drug-likeness (QED) is 0.526. The molecule has 0 aromatic heterocycles. The molecule has 2 aromatic rings. The Bertz CT molecular complexity index is 803. The van der Waals surface area contributed by atoms with Crippen LogP contribution in [0.2, 0.25) is 0 Å². The Morgan fingerprint density at radius 3 is 2.25 bits per heavy atom. The first-order valence-corrected chi connectivity index (χ1v) is 9.21. The van der Waals surface area contributed by atoms with Crippen LogP contribution in [-0.2, 0) is 16.0 Å². The number of hydrogen-bond donors (Lipinski definition) is 1. The largest absolute Gasteiger partial charge is 0.460 e. The average Bonchev–Trinajstić information content (AvgIpc) is 2.58. The standard InChI is InChI=1S/C22H26F3NO2/c1-14(15-8-6-5-7-9-15)26-17(12-21(27)28-22(2,3)4)10-16-11-19(24)20(25)13-18(16)23/h5-9,11,13-14,17,26H,10,12H2,1-4H3/t14?,17-/m1/s1.